The van der Waals surface area contributed by atoms with Gasteiger partial charge in [0.25, 0.3) is 11.8 Å². The lowest BCUT2D eigenvalue weighted by Crippen LogP contribution is -2.45. The molecule has 1 atom stereocenters. The SMILES string of the molecule is Cc1ccccc1NC(=O)C(C)N1C(=O)c2cc(Cl)c(Cl)cc2C1=O. The van der Waals surface area contributed by atoms with Crippen LogP contribution in [0.2, 0.25) is 10.0 Å². The second-order valence-electron chi connectivity index (χ2n) is 5.77. The molecular weight excluding hydrogens is 363 g/mol. The Kier molecular flexibility index (Phi) is 4.54. The lowest BCUT2D eigenvalue weighted by atomic mass is 10.1. The van der Waals surface area contributed by atoms with E-state index in [-0.39, 0.29) is 21.2 Å². The van der Waals surface area contributed by atoms with E-state index >= 15 is 0 Å². The molecule has 3 amide bonds. The summed E-state index contributed by atoms with van der Waals surface area (Å²) in [4.78, 5) is 38.6. The molecular formula is C18H14Cl2N2O3. The van der Waals surface area contributed by atoms with Gasteiger partial charge in [0.2, 0.25) is 5.91 Å². The number of rotatable bonds is 3. The van der Waals surface area contributed by atoms with Gasteiger partial charge < -0.3 is 5.32 Å². The maximum atomic E-state index is 12.6. The van der Waals surface area contributed by atoms with Crippen molar-refractivity contribution in [3.8, 4) is 0 Å². The molecule has 1 aliphatic rings. The minimum atomic E-state index is -0.982. The van der Waals surface area contributed by atoms with Crippen molar-refractivity contribution in [2.75, 3.05) is 5.32 Å². The first-order valence-electron chi connectivity index (χ1n) is 7.54. The number of amides is 3. The fourth-order valence-electron chi connectivity index (χ4n) is 2.67. The molecule has 2 aromatic carbocycles. The van der Waals surface area contributed by atoms with Crippen LogP contribution in [0.1, 0.15) is 33.2 Å². The zero-order chi connectivity index (χ0) is 18.3. The number of imide groups is 1. The molecule has 0 aliphatic carbocycles. The van der Waals surface area contributed by atoms with Gasteiger partial charge in [0.15, 0.2) is 0 Å². The van der Waals surface area contributed by atoms with Crippen molar-refractivity contribution in [1.82, 2.24) is 4.90 Å². The van der Waals surface area contributed by atoms with E-state index in [2.05, 4.69) is 5.32 Å². The van der Waals surface area contributed by atoms with Gasteiger partial charge in [-0.05, 0) is 37.6 Å². The van der Waals surface area contributed by atoms with Crippen LogP contribution >= 0.6 is 23.2 Å². The zero-order valence-electron chi connectivity index (χ0n) is 13.5. The Morgan fingerprint density at radius 3 is 2.08 bits per heavy atom. The standard InChI is InChI=1S/C18H14Cl2N2O3/c1-9-5-3-4-6-15(9)21-16(23)10(2)22-17(24)11-7-13(19)14(20)8-12(11)18(22)25/h3-8,10H,1-2H3,(H,21,23). The van der Waals surface area contributed by atoms with E-state index in [1.807, 2.05) is 19.1 Å². The summed E-state index contributed by atoms with van der Waals surface area (Å²) in [6.45, 7) is 3.35. The Hall–Kier alpha value is -2.37. The van der Waals surface area contributed by atoms with Crippen LogP contribution < -0.4 is 5.32 Å². The van der Waals surface area contributed by atoms with Crippen LogP contribution in [-0.2, 0) is 4.79 Å². The fourth-order valence-corrected chi connectivity index (χ4v) is 3.00. The monoisotopic (exact) mass is 376 g/mol. The van der Waals surface area contributed by atoms with Crippen molar-refractivity contribution in [2.24, 2.45) is 0 Å². The van der Waals surface area contributed by atoms with Crippen LogP contribution in [0.4, 0.5) is 5.69 Å². The molecule has 1 N–H and O–H groups in total. The summed E-state index contributed by atoms with van der Waals surface area (Å²) in [5.74, 6) is -1.59. The predicted octanol–water partition coefficient (Wildman–Crippen LogP) is 3.93. The molecule has 0 aromatic heterocycles. The third kappa shape index (κ3) is 3.01. The predicted molar refractivity (Wildman–Crippen MR) is 96.2 cm³/mol. The minimum absolute atomic E-state index is 0.148. The first-order valence-corrected chi connectivity index (χ1v) is 8.30. The summed E-state index contributed by atoms with van der Waals surface area (Å²) < 4.78 is 0. The zero-order valence-corrected chi connectivity index (χ0v) is 15.0. The number of nitrogens with zero attached hydrogens (tertiary/aromatic N) is 1. The smallest absolute Gasteiger partial charge is 0.262 e. The molecule has 128 valence electrons. The molecule has 1 unspecified atom stereocenters. The van der Waals surface area contributed by atoms with E-state index in [0.717, 1.165) is 10.5 Å². The maximum absolute atomic E-state index is 12.6. The number of carbonyl (C=O) groups excluding carboxylic acids is 3. The Labute approximate surface area is 154 Å². The number of halogens is 2. The number of para-hydroxylation sites is 1. The Bertz CT molecular complexity index is 870. The number of aryl methyl sites for hydroxylation is 1. The van der Waals surface area contributed by atoms with Crippen molar-refractivity contribution < 1.29 is 14.4 Å². The molecule has 0 spiro atoms. The second kappa shape index (κ2) is 6.50. The van der Waals surface area contributed by atoms with Crippen molar-refractivity contribution in [2.45, 2.75) is 19.9 Å². The van der Waals surface area contributed by atoms with Gasteiger partial charge in [0.1, 0.15) is 6.04 Å². The first-order chi connectivity index (χ1) is 11.8. The molecule has 0 saturated carbocycles. The third-order valence-electron chi connectivity index (χ3n) is 4.13. The minimum Gasteiger partial charge on any atom is -0.324 e. The van der Waals surface area contributed by atoms with Gasteiger partial charge in [0, 0.05) is 5.69 Å². The number of benzene rings is 2. The van der Waals surface area contributed by atoms with Gasteiger partial charge in [-0.3, -0.25) is 19.3 Å². The molecule has 1 heterocycles. The van der Waals surface area contributed by atoms with Crippen LogP contribution in [0.3, 0.4) is 0 Å². The molecule has 0 bridgehead atoms. The van der Waals surface area contributed by atoms with E-state index in [1.165, 1.54) is 19.1 Å². The van der Waals surface area contributed by atoms with Gasteiger partial charge in [0.05, 0.1) is 21.2 Å². The number of fused-ring (bicyclic) bond motifs is 1. The number of nitrogens with one attached hydrogen (secondary N) is 1. The van der Waals surface area contributed by atoms with E-state index in [9.17, 15) is 14.4 Å². The first kappa shape index (κ1) is 17.5. The Morgan fingerprint density at radius 2 is 1.56 bits per heavy atom. The van der Waals surface area contributed by atoms with Gasteiger partial charge in [-0.15, -0.1) is 0 Å². The molecule has 0 fully saturated rings. The number of anilines is 1. The summed E-state index contributed by atoms with van der Waals surface area (Å²) in [5, 5.41) is 3.10. The van der Waals surface area contributed by atoms with Crippen LogP contribution in [-0.4, -0.2) is 28.7 Å². The third-order valence-corrected chi connectivity index (χ3v) is 4.85. The van der Waals surface area contributed by atoms with E-state index in [4.69, 9.17) is 23.2 Å². The fraction of sp³-hybridized carbons (Fsp3) is 0.167. The Balaban J connectivity index is 1.87. The van der Waals surface area contributed by atoms with Crippen molar-refractivity contribution in [3.63, 3.8) is 0 Å². The van der Waals surface area contributed by atoms with Crippen LogP contribution in [0, 0.1) is 6.92 Å². The maximum Gasteiger partial charge on any atom is 0.262 e. The van der Waals surface area contributed by atoms with E-state index < -0.39 is 23.8 Å². The number of hydrogen-bond acceptors (Lipinski definition) is 3. The molecule has 2 aromatic rings. The van der Waals surface area contributed by atoms with Crippen molar-refractivity contribution >= 4 is 46.6 Å². The molecule has 25 heavy (non-hydrogen) atoms. The largest absolute Gasteiger partial charge is 0.324 e. The second-order valence-corrected chi connectivity index (χ2v) is 6.59. The lowest BCUT2D eigenvalue weighted by molar-refractivity contribution is -0.119. The molecule has 0 saturated heterocycles. The highest BCUT2D eigenvalue weighted by atomic mass is 35.5. The molecule has 1 aliphatic heterocycles. The highest BCUT2D eigenvalue weighted by Crippen LogP contribution is 2.32. The Morgan fingerprint density at radius 1 is 1.04 bits per heavy atom. The number of hydrogen-bond donors (Lipinski definition) is 1. The normalized spacial score (nSPS) is 14.5. The van der Waals surface area contributed by atoms with Gasteiger partial charge in [-0.1, -0.05) is 41.4 Å². The highest BCUT2D eigenvalue weighted by Gasteiger charge is 2.41. The molecule has 7 heteroatoms. The van der Waals surface area contributed by atoms with Crippen LogP contribution in [0.15, 0.2) is 36.4 Å². The topological polar surface area (TPSA) is 66.5 Å². The summed E-state index contributed by atoms with van der Waals surface area (Å²) in [6.07, 6.45) is 0. The highest BCUT2D eigenvalue weighted by molar-refractivity contribution is 6.43. The molecule has 5 nitrogen and oxygen atoms in total. The average molecular weight is 377 g/mol. The summed E-state index contributed by atoms with van der Waals surface area (Å²) in [7, 11) is 0. The molecule has 0 radical (unpaired) electrons. The summed E-state index contributed by atoms with van der Waals surface area (Å²) in [6, 6.07) is 8.97. The van der Waals surface area contributed by atoms with E-state index in [1.54, 1.807) is 12.1 Å². The molecule has 3 rings (SSSR count). The van der Waals surface area contributed by atoms with Gasteiger partial charge in [-0.25, -0.2) is 0 Å². The van der Waals surface area contributed by atoms with Gasteiger partial charge >= 0.3 is 0 Å². The lowest BCUT2D eigenvalue weighted by Gasteiger charge is -2.22. The number of carbonyl (C=O) groups is 3. The van der Waals surface area contributed by atoms with Gasteiger partial charge in [-0.2, -0.15) is 0 Å². The van der Waals surface area contributed by atoms with Crippen LogP contribution in [0.25, 0.3) is 0 Å². The summed E-state index contributed by atoms with van der Waals surface area (Å²) >= 11 is 11.9. The van der Waals surface area contributed by atoms with Crippen molar-refractivity contribution in [3.05, 3.63) is 63.1 Å². The van der Waals surface area contributed by atoms with E-state index in [0.29, 0.717) is 5.69 Å². The quantitative estimate of drug-likeness (QED) is 0.825. The van der Waals surface area contributed by atoms with Crippen molar-refractivity contribution in [1.29, 1.82) is 0 Å². The summed E-state index contributed by atoms with van der Waals surface area (Å²) in [5.41, 5.74) is 1.80. The average Bonchev–Trinajstić information content (AvgIpc) is 2.80. The van der Waals surface area contributed by atoms with Crippen LogP contribution in [0.5, 0.6) is 0 Å².